The Bertz CT molecular complexity index is 57.9. The fraction of sp³-hybridized carbons (Fsp3) is 1.00. The third kappa shape index (κ3) is 46.6. The normalized spacial score (nSPS) is 6.71. The van der Waals surface area contributed by atoms with Gasteiger partial charge in [0.05, 0.1) is 0 Å². The highest BCUT2D eigenvalue weighted by atomic mass is 127. The van der Waals surface area contributed by atoms with E-state index in [0.717, 1.165) is 0 Å². The predicted molar refractivity (Wildman–Crippen MR) is 111 cm³/mol. The van der Waals surface area contributed by atoms with Crippen molar-refractivity contribution in [2.24, 2.45) is 0 Å². The van der Waals surface area contributed by atoms with Crippen molar-refractivity contribution in [3.05, 3.63) is 0 Å². The lowest BCUT2D eigenvalue weighted by Gasteiger charge is -1.98. The number of hydrogen-bond donors (Lipinski definition) is 0. The molecule has 0 aliphatic heterocycles. The highest BCUT2D eigenvalue weighted by Gasteiger charge is 1.88. The van der Waals surface area contributed by atoms with E-state index in [1.165, 1.54) is 57.8 Å². The van der Waals surface area contributed by atoms with Crippen LogP contribution in [-0.2, 0) is 0 Å². The molecule has 0 fully saturated rings. The molecule has 0 rings (SSSR count). The molecule has 0 atom stereocenters. The topological polar surface area (TPSA) is 0 Å². The molecule has 17 heavy (non-hydrogen) atoms. The minimum Gasteiger partial charge on any atom is -0.107 e. The van der Waals surface area contributed by atoms with E-state index in [1.807, 2.05) is 0 Å². The van der Waals surface area contributed by atoms with Crippen LogP contribution in [0.2, 0.25) is 0 Å². The molecular formula is C15H42I2. The lowest BCUT2D eigenvalue weighted by molar-refractivity contribution is 0.572. The lowest BCUT2D eigenvalue weighted by atomic mass is 10.1. The van der Waals surface area contributed by atoms with E-state index in [-0.39, 0.29) is 77.7 Å². The molecule has 0 heterocycles. The summed E-state index contributed by atoms with van der Waals surface area (Å²) in [6, 6.07) is 0. The van der Waals surface area contributed by atoms with Gasteiger partial charge in [0.1, 0.15) is 0 Å². The van der Waals surface area contributed by atoms with Crippen LogP contribution < -0.4 is 0 Å². The van der Waals surface area contributed by atoms with Crippen LogP contribution in [0.4, 0.5) is 0 Å². The zero-order chi connectivity index (χ0) is 8.36. The minimum absolute atomic E-state index is 0. The highest BCUT2D eigenvalue weighted by molar-refractivity contribution is 14.0. The fourth-order valence-electron chi connectivity index (χ4n) is 1.38. The Morgan fingerprint density at radius 3 is 0.765 bits per heavy atom. The van der Waals surface area contributed by atoms with Gasteiger partial charge in [-0.15, -0.1) is 48.0 Å². The first-order chi connectivity index (χ1) is 5.41. The van der Waals surface area contributed by atoms with Crippen molar-refractivity contribution in [1.82, 2.24) is 0 Å². The van der Waals surface area contributed by atoms with E-state index in [2.05, 4.69) is 13.8 Å². The van der Waals surface area contributed by atoms with Gasteiger partial charge in [0.25, 0.3) is 0 Å². The third-order valence-electron chi connectivity index (χ3n) is 2.21. The van der Waals surface area contributed by atoms with Gasteiger partial charge >= 0.3 is 0 Å². The summed E-state index contributed by atoms with van der Waals surface area (Å²) in [7, 11) is 0. The molecule has 0 unspecified atom stereocenters. The molecule has 0 bridgehead atoms. The summed E-state index contributed by atoms with van der Waals surface area (Å²) >= 11 is 0. The molecule has 0 aliphatic rings. The zero-order valence-corrected chi connectivity index (χ0v) is 13.8. The molecular weight excluding hydrogens is 434 g/mol. The van der Waals surface area contributed by atoms with Crippen molar-refractivity contribution in [1.29, 1.82) is 0 Å². The molecule has 116 valence electrons. The van der Waals surface area contributed by atoms with Gasteiger partial charge in [-0.3, -0.25) is 0 Å². The van der Waals surface area contributed by atoms with E-state index in [4.69, 9.17) is 0 Å². The maximum atomic E-state index is 2.27. The molecule has 0 aromatic heterocycles. The second kappa shape index (κ2) is 43.2. The second-order valence-electron chi connectivity index (χ2n) is 3.47. The smallest absolute Gasteiger partial charge is 0.0533 e. The van der Waals surface area contributed by atoms with Crippen molar-refractivity contribution in [3.8, 4) is 0 Å². The van der Waals surface area contributed by atoms with Crippen LogP contribution in [-0.4, -0.2) is 0 Å². The largest absolute Gasteiger partial charge is 0.107 e. The van der Waals surface area contributed by atoms with Crippen LogP contribution in [0.5, 0.6) is 0 Å². The van der Waals surface area contributed by atoms with Crippen molar-refractivity contribution >= 4 is 48.0 Å². The summed E-state index contributed by atoms with van der Waals surface area (Å²) in [6.45, 7) is 4.55. The third-order valence-corrected chi connectivity index (χ3v) is 2.21. The summed E-state index contributed by atoms with van der Waals surface area (Å²) in [5.41, 5.74) is 0. The van der Waals surface area contributed by atoms with Crippen molar-refractivity contribution in [3.63, 3.8) is 0 Å². The molecule has 0 radical (unpaired) electrons. The van der Waals surface area contributed by atoms with Crippen LogP contribution in [0, 0.1) is 0 Å². The zero-order valence-electron chi connectivity index (χ0n) is 9.18. The number of rotatable bonds is 8. The monoisotopic (exact) mass is 476 g/mol. The van der Waals surface area contributed by atoms with E-state index >= 15 is 0 Å². The summed E-state index contributed by atoms with van der Waals surface area (Å²) in [4.78, 5) is 0. The Kier molecular flexibility index (Phi) is 109. The van der Waals surface area contributed by atoms with Crippen LogP contribution in [0.25, 0.3) is 0 Å². The molecule has 0 spiro atoms. The first kappa shape index (κ1) is 42.9. The number of halogens is 2. The lowest BCUT2D eigenvalue weighted by Crippen LogP contribution is -1.79. The van der Waals surface area contributed by atoms with Gasteiger partial charge in [0.2, 0.25) is 0 Å². The van der Waals surface area contributed by atoms with Crippen LogP contribution in [0.3, 0.4) is 0 Å². The van der Waals surface area contributed by atoms with E-state index in [0.29, 0.717) is 0 Å². The minimum atomic E-state index is 0. The Hall–Kier alpha value is 1.46. The Morgan fingerprint density at radius 2 is 0.588 bits per heavy atom. The molecule has 0 N–H and O–H groups in total. The van der Waals surface area contributed by atoms with Gasteiger partial charge in [-0.2, -0.15) is 0 Å². The summed E-state index contributed by atoms with van der Waals surface area (Å²) < 4.78 is 0. The first-order valence-corrected chi connectivity index (χ1v) is 5.41. The van der Waals surface area contributed by atoms with Gasteiger partial charge in [-0.1, -0.05) is 101 Å². The van der Waals surface area contributed by atoms with Crippen LogP contribution in [0.1, 0.15) is 101 Å². The van der Waals surface area contributed by atoms with Gasteiger partial charge in [-0.05, 0) is 0 Å². The highest BCUT2D eigenvalue weighted by Crippen LogP contribution is 2.08. The Morgan fingerprint density at radius 1 is 0.412 bits per heavy atom. The molecule has 0 nitrogen and oxygen atoms in total. The number of unbranched alkanes of at least 4 members (excludes halogenated alkanes) is 8. The average molecular weight is 476 g/mol. The molecule has 0 aliphatic carbocycles. The van der Waals surface area contributed by atoms with Crippen molar-refractivity contribution < 1.29 is 0 Å². The molecule has 0 saturated carbocycles. The van der Waals surface area contributed by atoms with E-state index < -0.39 is 0 Å². The number of hydrogen-bond acceptors (Lipinski definition) is 0. The summed E-state index contributed by atoms with van der Waals surface area (Å²) in [5, 5.41) is 0. The first-order valence-electron chi connectivity index (χ1n) is 5.41. The predicted octanol–water partition coefficient (Wildman–Crippen LogP) is 8.32. The van der Waals surface area contributed by atoms with Crippen LogP contribution in [0.15, 0.2) is 0 Å². The van der Waals surface area contributed by atoms with Crippen molar-refractivity contribution in [2.75, 3.05) is 0 Å². The van der Waals surface area contributed by atoms with Gasteiger partial charge < -0.3 is 0 Å². The Labute approximate surface area is 148 Å². The molecule has 0 saturated heterocycles. The maximum absolute atomic E-state index is 2.27. The standard InChI is InChI=1S/C11H24.4CH4.2HI/c1-3-5-7-9-11-10-8-6-4-2;;;;;;/h3-11H2,1-2H3;4*1H4;2*1H. The molecule has 0 aromatic rings. The fourth-order valence-corrected chi connectivity index (χ4v) is 1.38. The van der Waals surface area contributed by atoms with E-state index in [9.17, 15) is 0 Å². The second-order valence-corrected chi connectivity index (χ2v) is 3.47. The average Bonchev–Trinajstić information content (AvgIpc) is 2.03. The van der Waals surface area contributed by atoms with Crippen LogP contribution >= 0.6 is 48.0 Å². The Balaban J connectivity index is -0.0000000333. The summed E-state index contributed by atoms with van der Waals surface area (Å²) in [6.07, 6.45) is 13.0. The SMILES string of the molecule is C.C.C.C.CCCCCCCCCCC.I.I. The molecule has 0 aromatic carbocycles. The van der Waals surface area contributed by atoms with Gasteiger partial charge in [0, 0.05) is 0 Å². The van der Waals surface area contributed by atoms with Gasteiger partial charge in [-0.25, -0.2) is 0 Å². The summed E-state index contributed by atoms with van der Waals surface area (Å²) in [5.74, 6) is 0. The molecule has 0 amide bonds. The van der Waals surface area contributed by atoms with Crippen molar-refractivity contribution in [2.45, 2.75) is 101 Å². The van der Waals surface area contributed by atoms with Gasteiger partial charge in [0.15, 0.2) is 0 Å². The maximum Gasteiger partial charge on any atom is -0.0533 e. The molecule has 2 heteroatoms. The quantitative estimate of drug-likeness (QED) is 0.244. The van der Waals surface area contributed by atoms with E-state index in [1.54, 1.807) is 0 Å².